The van der Waals surface area contributed by atoms with Crippen LogP contribution < -0.4 is 5.32 Å². The highest BCUT2D eigenvalue weighted by molar-refractivity contribution is 7.91. The Morgan fingerprint density at radius 1 is 1.35 bits per heavy atom. The van der Waals surface area contributed by atoms with E-state index in [9.17, 15) is 8.42 Å². The van der Waals surface area contributed by atoms with Gasteiger partial charge >= 0.3 is 0 Å². The SMILES string of the molecule is O=S1(=O)CCC(Nc2cnn(CC3CCCO3)c2)CC1. The minimum Gasteiger partial charge on any atom is -0.380 e. The van der Waals surface area contributed by atoms with Crippen LogP contribution in [0.3, 0.4) is 0 Å². The summed E-state index contributed by atoms with van der Waals surface area (Å²) in [5, 5.41) is 7.71. The number of aromatic nitrogens is 2. The van der Waals surface area contributed by atoms with E-state index in [1.165, 1.54) is 0 Å². The van der Waals surface area contributed by atoms with E-state index in [2.05, 4.69) is 10.4 Å². The van der Waals surface area contributed by atoms with E-state index in [4.69, 9.17) is 4.74 Å². The fourth-order valence-corrected chi connectivity index (χ4v) is 4.30. The molecule has 0 aromatic carbocycles. The molecule has 0 saturated carbocycles. The predicted octanol–water partition coefficient (Wildman–Crippen LogP) is 1.05. The first-order valence-corrected chi connectivity index (χ1v) is 9.04. The molecule has 0 radical (unpaired) electrons. The van der Waals surface area contributed by atoms with Gasteiger partial charge in [-0.15, -0.1) is 0 Å². The van der Waals surface area contributed by atoms with Crippen molar-refractivity contribution in [3.05, 3.63) is 12.4 Å². The van der Waals surface area contributed by atoms with Crippen LogP contribution >= 0.6 is 0 Å². The fourth-order valence-electron chi connectivity index (χ4n) is 2.80. The van der Waals surface area contributed by atoms with E-state index in [-0.39, 0.29) is 23.7 Å². The Kier molecular flexibility index (Phi) is 3.98. The van der Waals surface area contributed by atoms with E-state index >= 15 is 0 Å². The summed E-state index contributed by atoms with van der Waals surface area (Å²) in [6, 6.07) is 0.235. The van der Waals surface area contributed by atoms with Gasteiger partial charge in [-0.1, -0.05) is 0 Å². The van der Waals surface area contributed by atoms with Crippen molar-refractivity contribution in [1.82, 2.24) is 9.78 Å². The van der Waals surface area contributed by atoms with Crippen molar-refractivity contribution in [3.8, 4) is 0 Å². The van der Waals surface area contributed by atoms with E-state index in [1.807, 2.05) is 10.9 Å². The normalized spacial score (nSPS) is 26.7. The zero-order valence-corrected chi connectivity index (χ0v) is 12.3. The van der Waals surface area contributed by atoms with Gasteiger partial charge in [-0.05, 0) is 25.7 Å². The Morgan fingerprint density at radius 3 is 2.85 bits per heavy atom. The average molecular weight is 299 g/mol. The third kappa shape index (κ3) is 3.52. The van der Waals surface area contributed by atoms with Gasteiger partial charge in [0.15, 0.2) is 0 Å². The predicted molar refractivity (Wildman–Crippen MR) is 76.5 cm³/mol. The lowest BCUT2D eigenvalue weighted by molar-refractivity contribution is 0.0940. The molecule has 20 heavy (non-hydrogen) atoms. The van der Waals surface area contributed by atoms with Gasteiger partial charge in [0.2, 0.25) is 0 Å². The Labute approximate surface area is 119 Å². The van der Waals surface area contributed by atoms with Gasteiger partial charge in [0, 0.05) is 18.8 Å². The Morgan fingerprint density at radius 2 is 2.15 bits per heavy atom. The molecule has 112 valence electrons. The Hall–Kier alpha value is -1.08. The Bertz CT molecular complexity index is 535. The number of hydrogen-bond donors (Lipinski definition) is 1. The first-order chi connectivity index (χ1) is 9.61. The highest BCUT2D eigenvalue weighted by atomic mass is 32.2. The number of ether oxygens (including phenoxy) is 1. The van der Waals surface area contributed by atoms with Gasteiger partial charge in [0.25, 0.3) is 0 Å². The lowest BCUT2D eigenvalue weighted by Gasteiger charge is -2.23. The Balaban J connectivity index is 1.52. The summed E-state index contributed by atoms with van der Waals surface area (Å²) in [5.41, 5.74) is 0.965. The van der Waals surface area contributed by atoms with Crippen molar-refractivity contribution in [2.75, 3.05) is 23.4 Å². The summed E-state index contributed by atoms with van der Waals surface area (Å²) < 4.78 is 30.3. The summed E-state index contributed by atoms with van der Waals surface area (Å²) in [7, 11) is -2.80. The maximum Gasteiger partial charge on any atom is 0.150 e. The van der Waals surface area contributed by atoms with Crippen LogP contribution in [0.25, 0.3) is 0 Å². The summed E-state index contributed by atoms with van der Waals surface area (Å²) in [5.74, 6) is 0.573. The van der Waals surface area contributed by atoms with E-state index in [0.717, 1.165) is 31.7 Å². The monoisotopic (exact) mass is 299 g/mol. The molecule has 0 amide bonds. The minimum absolute atomic E-state index is 0.235. The van der Waals surface area contributed by atoms with Gasteiger partial charge in [-0.25, -0.2) is 8.42 Å². The number of rotatable bonds is 4. The van der Waals surface area contributed by atoms with Crippen LogP contribution in [0.5, 0.6) is 0 Å². The molecule has 1 unspecified atom stereocenters. The first kappa shape index (κ1) is 13.9. The first-order valence-electron chi connectivity index (χ1n) is 7.22. The molecule has 0 bridgehead atoms. The molecule has 6 nitrogen and oxygen atoms in total. The number of nitrogens with one attached hydrogen (secondary N) is 1. The third-order valence-electron chi connectivity index (χ3n) is 3.97. The highest BCUT2D eigenvalue weighted by Gasteiger charge is 2.23. The maximum absolute atomic E-state index is 11.4. The molecule has 3 rings (SSSR count). The molecule has 0 aliphatic carbocycles. The molecule has 1 aromatic heterocycles. The van der Waals surface area contributed by atoms with Crippen molar-refractivity contribution >= 4 is 15.5 Å². The molecule has 1 aromatic rings. The van der Waals surface area contributed by atoms with E-state index in [1.54, 1.807) is 6.20 Å². The molecule has 2 aliphatic heterocycles. The van der Waals surface area contributed by atoms with Crippen LogP contribution in [0, 0.1) is 0 Å². The second-order valence-electron chi connectivity index (χ2n) is 5.66. The molecule has 0 spiro atoms. The maximum atomic E-state index is 11.4. The summed E-state index contributed by atoms with van der Waals surface area (Å²) in [6.45, 7) is 1.65. The van der Waals surface area contributed by atoms with Crippen LogP contribution in [0.4, 0.5) is 5.69 Å². The van der Waals surface area contributed by atoms with Gasteiger partial charge in [0.1, 0.15) is 9.84 Å². The quantitative estimate of drug-likeness (QED) is 0.899. The van der Waals surface area contributed by atoms with Gasteiger partial charge < -0.3 is 10.1 Å². The molecule has 3 heterocycles. The fraction of sp³-hybridized carbons (Fsp3) is 0.769. The standard InChI is InChI=1S/C13H21N3O3S/c17-20(18)6-3-11(4-7-20)15-12-8-14-16(9-12)10-13-2-1-5-19-13/h8-9,11,13,15H,1-7,10H2. The van der Waals surface area contributed by atoms with Crippen LogP contribution in [-0.4, -0.2) is 48.5 Å². The zero-order chi connectivity index (χ0) is 14.0. The van der Waals surface area contributed by atoms with Gasteiger partial charge in [-0.2, -0.15) is 5.10 Å². The largest absolute Gasteiger partial charge is 0.380 e. The van der Waals surface area contributed by atoms with Crippen LogP contribution in [-0.2, 0) is 21.1 Å². The van der Waals surface area contributed by atoms with Crippen molar-refractivity contribution in [2.24, 2.45) is 0 Å². The van der Waals surface area contributed by atoms with Crippen LogP contribution in [0.1, 0.15) is 25.7 Å². The second kappa shape index (κ2) is 5.73. The van der Waals surface area contributed by atoms with E-state index in [0.29, 0.717) is 12.8 Å². The molecule has 2 aliphatic rings. The molecule has 1 N–H and O–H groups in total. The van der Waals surface area contributed by atoms with E-state index < -0.39 is 9.84 Å². The smallest absolute Gasteiger partial charge is 0.150 e. The zero-order valence-electron chi connectivity index (χ0n) is 11.5. The molecule has 7 heteroatoms. The lowest BCUT2D eigenvalue weighted by atomic mass is 10.1. The second-order valence-corrected chi connectivity index (χ2v) is 7.96. The summed E-state index contributed by atoms with van der Waals surface area (Å²) in [4.78, 5) is 0. The van der Waals surface area contributed by atoms with Crippen LogP contribution in [0.15, 0.2) is 12.4 Å². The number of anilines is 1. The molecular weight excluding hydrogens is 278 g/mol. The number of hydrogen-bond acceptors (Lipinski definition) is 5. The minimum atomic E-state index is -2.80. The van der Waals surface area contributed by atoms with Crippen molar-refractivity contribution in [3.63, 3.8) is 0 Å². The van der Waals surface area contributed by atoms with Gasteiger partial charge in [-0.3, -0.25) is 4.68 Å². The molecule has 1 atom stereocenters. The van der Waals surface area contributed by atoms with Crippen LogP contribution in [0.2, 0.25) is 0 Å². The van der Waals surface area contributed by atoms with Crippen molar-refractivity contribution in [2.45, 2.75) is 44.4 Å². The lowest BCUT2D eigenvalue weighted by Crippen LogP contribution is -2.32. The summed E-state index contributed by atoms with van der Waals surface area (Å²) in [6.07, 6.45) is 7.65. The highest BCUT2D eigenvalue weighted by Crippen LogP contribution is 2.18. The number of nitrogens with zero attached hydrogens (tertiary/aromatic N) is 2. The van der Waals surface area contributed by atoms with Gasteiger partial charge in [0.05, 0.1) is 36.0 Å². The third-order valence-corrected chi connectivity index (χ3v) is 5.69. The molecular formula is C13H21N3O3S. The van der Waals surface area contributed by atoms with Crippen molar-refractivity contribution < 1.29 is 13.2 Å². The average Bonchev–Trinajstić information content (AvgIpc) is 3.05. The summed E-state index contributed by atoms with van der Waals surface area (Å²) >= 11 is 0. The molecule has 2 fully saturated rings. The molecule has 2 saturated heterocycles. The topological polar surface area (TPSA) is 73.2 Å². The van der Waals surface area contributed by atoms with Crippen molar-refractivity contribution in [1.29, 1.82) is 0 Å². The number of sulfone groups is 1.